The molecule has 0 radical (unpaired) electrons. The van der Waals surface area contributed by atoms with Crippen LogP contribution in [0.5, 0.6) is 17.4 Å². The van der Waals surface area contributed by atoms with Gasteiger partial charge < -0.3 is 30.6 Å². The van der Waals surface area contributed by atoms with Gasteiger partial charge in [-0.05, 0) is 37.1 Å². The quantitative estimate of drug-likeness (QED) is 0.165. The third kappa shape index (κ3) is 5.99. The molecule has 0 spiro atoms. The summed E-state index contributed by atoms with van der Waals surface area (Å²) in [5, 5.41) is 12.7. The maximum Gasteiger partial charge on any atom is 0.220 e. The van der Waals surface area contributed by atoms with Crippen molar-refractivity contribution in [2.75, 3.05) is 27.9 Å². The molecule has 3 heterocycles. The van der Waals surface area contributed by atoms with Gasteiger partial charge >= 0.3 is 0 Å². The summed E-state index contributed by atoms with van der Waals surface area (Å²) >= 11 is 7.09. The fourth-order valence-corrected chi connectivity index (χ4v) is 6.33. The summed E-state index contributed by atoms with van der Waals surface area (Å²) in [6.45, 7) is 3.08. The van der Waals surface area contributed by atoms with E-state index in [1.807, 2.05) is 78.5 Å². The Hall–Kier alpha value is -4.64. The molecule has 11 heteroatoms. The van der Waals surface area contributed by atoms with E-state index in [-0.39, 0.29) is 18.0 Å². The Kier molecular flexibility index (Phi) is 9.12. The van der Waals surface area contributed by atoms with Crippen molar-refractivity contribution in [2.45, 2.75) is 38.4 Å². The van der Waals surface area contributed by atoms with Crippen LogP contribution >= 0.6 is 11.6 Å². The first-order valence-electron chi connectivity index (χ1n) is 15.1. The number of ether oxygens (including phenoxy) is 3. The van der Waals surface area contributed by atoms with E-state index in [1.54, 1.807) is 21.3 Å². The van der Waals surface area contributed by atoms with Gasteiger partial charge in [-0.2, -0.15) is 5.10 Å². The van der Waals surface area contributed by atoms with Crippen molar-refractivity contribution in [1.82, 2.24) is 25.4 Å². The van der Waals surface area contributed by atoms with E-state index < -0.39 is 0 Å². The van der Waals surface area contributed by atoms with Crippen LogP contribution in [0.15, 0.2) is 66.9 Å². The first-order chi connectivity index (χ1) is 22.3. The number of amides is 1. The summed E-state index contributed by atoms with van der Waals surface area (Å²) in [6.07, 6.45) is 3.24. The average molecular weight is 641 g/mol. The van der Waals surface area contributed by atoms with Crippen molar-refractivity contribution in [3.63, 3.8) is 0 Å². The molecule has 1 aliphatic rings. The van der Waals surface area contributed by atoms with Crippen LogP contribution in [0.1, 0.15) is 36.9 Å². The van der Waals surface area contributed by atoms with Crippen LogP contribution in [-0.2, 0) is 11.3 Å². The van der Waals surface area contributed by atoms with Gasteiger partial charge in [0.05, 0.1) is 55.0 Å². The van der Waals surface area contributed by atoms with Crippen molar-refractivity contribution in [3.8, 4) is 45.5 Å². The molecule has 1 fully saturated rings. The molecule has 1 aliphatic heterocycles. The molecule has 2 aromatic heterocycles. The topological polar surface area (TPSA) is 126 Å². The summed E-state index contributed by atoms with van der Waals surface area (Å²) in [6, 6.07) is 19.6. The van der Waals surface area contributed by atoms with E-state index in [9.17, 15) is 4.79 Å². The molecule has 0 aliphatic carbocycles. The van der Waals surface area contributed by atoms with Crippen molar-refractivity contribution < 1.29 is 19.0 Å². The first-order valence-corrected chi connectivity index (χ1v) is 15.5. The largest absolute Gasteiger partial charge is 0.496 e. The summed E-state index contributed by atoms with van der Waals surface area (Å²) in [5.41, 5.74) is 12.8. The highest BCUT2D eigenvalue weighted by molar-refractivity contribution is 6.36. The number of hydrogen-bond acceptors (Lipinski definition) is 8. The predicted octanol–water partition coefficient (Wildman–Crippen LogP) is 5.82. The monoisotopic (exact) mass is 640 g/mol. The lowest BCUT2D eigenvalue weighted by Crippen LogP contribution is -2.35. The van der Waals surface area contributed by atoms with Crippen molar-refractivity contribution >= 4 is 28.4 Å². The Bertz CT molecular complexity index is 1880. The number of fused-ring (bicyclic) bond motifs is 1. The van der Waals surface area contributed by atoms with Crippen LogP contribution in [0.4, 0.5) is 0 Å². The van der Waals surface area contributed by atoms with Crippen LogP contribution in [0.3, 0.4) is 0 Å². The highest BCUT2D eigenvalue weighted by Gasteiger charge is 2.22. The third-order valence-electron chi connectivity index (χ3n) is 8.37. The number of rotatable bonds is 11. The molecule has 238 valence electrons. The maximum absolute atomic E-state index is 11.6. The molecule has 1 saturated heterocycles. The van der Waals surface area contributed by atoms with E-state index in [1.165, 1.54) is 0 Å². The van der Waals surface area contributed by atoms with Gasteiger partial charge in [-0.1, -0.05) is 41.9 Å². The van der Waals surface area contributed by atoms with Crippen LogP contribution in [-0.4, -0.2) is 54.6 Å². The smallest absolute Gasteiger partial charge is 0.220 e. The molecule has 46 heavy (non-hydrogen) atoms. The molecule has 2 atom stereocenters. The minimum absolute atomic E-state index is 0.0980. The molecule has 10 nitrogen and oxygen atoms in total. The Morgan fingerprint density at radius 2 is 1.74 bits per heavy atom. The Morgan fingerprint density at radius 3 is 2.41 bits per heavy atom. The number of methoxy groups -OCH3 is 3. The Morgan fingerprint density at radius 1 is 1.02 bits per heavy atom. The number of nitrogens with zero attached hydrogens (tertiary/aromatic N) is 3. The van der Waals surface area contributed by atoms with Gasteiger partial charge in [-0.15, -0.1) is 0 Å². The minimum Gasteiger partial charge on any atom is -0.496 e. The zero-order valence-electron chi connectivity index (χ0n) is 26.3. The molecule has 6 rings (SSSR count). The summed E-state index contributed by atoms with van der Waals surface area (Å²) < 4.78 is 19.0. The number of pyridine rings is 1. The number of halogens is 1. The number of aromatic nitrogens is 3. The molecular formula is C35H37ClN6O4. The zero-order valence-corrected chi connectivity index (χ0v) is 27.0. The molecule has 0 bridgehead atoms. The fourth-order valence-electron chi connectivity index (χ4n) is 6.01. The highest BCUT2D eigenvalue weighted by Crippen LogP contribution is 2.40. The van der Waals surface area contributed by atoms with Crippen molar-refractivity contribution in [2.24, 2.45) is 5.73 Å². The zero-order chi connectivity index (χ0) is 32.4. The molecule has 4 N–H and O–H groups in total. The van der Waals surface area contributed by atoms with Gasteiger partial charge in [-0.3, -0.25) is 4.79 Å². The number of hydrogen-bond donors (Lipinski definition) is 3. The number of nitrogens with two attached hydrogens (primary N) is 1. The van der Waals surface area contributed by atoms with E-state index in [0.717, 1.165) is 50.8 Å². The van der Waals surface area contributed by atoms with E-state index in [0.29, 0.717) is 47.6 Å². The second-order valence-corrected chi connectivity index (χ2v) is 11.7. The second kappa shape index (κ2) is 13.4. The van der Waals surface area contributed by atoms with Crippen LogP contribution in [0.2, 0.25) is 5.02 Å². The number of carbonyl (C=O) groups is 1. The fraction of sp³-hybridized carbons (Fsp3) is 0.286. The lowest BCUT2D eigenvalue weighted by Gasteiger charge is -2.18. The molecule has 5 aromatic rings. The number of carbonyl (C=O) groups excluding carboxylic acids is 1. The lowest BCUT2D eigenvalue weighted by atomic mass is 9.98. The highest BCUT2D eigenvalue weighted by atomic mass is 35.5. The van der Waals surface area contributed by atoms with Crippen molar-refractivity contribution in [1.29, 1.82) is 0 Å². The normalized spacial score (nSPS) is 15.2. The maximum atomic E-state index is 11.6. The van der Waals surface area contributed by atoms with Gasteiger partial charge in [-0.25, -0.2) is 9.67 Å². The van der Waals surface area contributed by atoms with Crippen LogP contribution < -0.4 is 30.6 Å². The van der Waals surface area contributed by atoms with E-state index >= 15 is 0 Å². The molecule has 1 amide bonds. The number of benzene rings is 3. The van der Waals surface area contributed by atoms with E-state index in [2.05, 4.69) is 10.6 Å². The Labute approximate surface area is 272 Å². The summed E-state index contributed by atoms with van der Waals surface area (Å²) in [5.74, 6) is 1.92. The van der Waals surface area contributed by atoms with Gasteiger partial charge in [0.15, 0.2) is 0 Å². The summed E-state index contributed by atoms with van der Waals surface area (Å²) in [7, 11) is 4.87. The van der Waals surface area contributed by atoms with Gasteiger partial charge in [0.25, 0.3) is 0 Å². The minimum atomic E-state index is -0.215. The van der Waals surface area contributed by atoms with Gasteiger partial charge in [0.2, 0.25) is 11.8 Å². The standard InChI is InChI=1S/C35H37ClN6O4/c1-20(37)23-12-13-29(41-35(23)46-4)26-9-5-8-25(34(26)36)24-7-6-10-30-27(24)19-39-42(30)22-15-31(44-2)28(32(16-22)45-3)18-38-17-21-11-14-33(43)40-21/h5-10,12-13,15-16,19-21,38H,11,14,17-18,37H2,1-4H3,(H,40,43)/t20-,21-/m0/s1. The first kappa shape index (κ1) is 31.3. The molecule has 0 saturated carbocycles. The van der Waals surface area contributed by atoms with Crippen LogP contribution in [0.25, 0.3) is 39.0 Å². The molecule has 3 aromatic carbocycles. The predicted molar refractivity (Wildman–Crippen MR) is 180 cm³/mol. The molecular weight excluding hydrogens is 604 g/mol. The van der Waals surface area contributed by atoms with Crippen LogP contribution in [0, 0.1) is 0 Å². The molecule has 0 unspecified atom stereocenters. The van der Waals surface area contributed by atoms with Gasteiger partial charge in [0, 0.05) is 65.8 Å². The van der Waals surface area contributed by atoms with Crippen molar-refractivity contribution in [3.05, 3.63) is 83.0 Å². The lowest BCUT2D eigenvalue weighted by molar-refractivity contribution is -0.119. The number of nitrogens with one attached hydrogen (secondary N) is 2. The average Bonchev–Trinajstić information content (AvgIpc) is 3.70. The third-order valence-corrected chi connectivity index (χ3v) is 8.77. The van der Waals surface area contributed by atoms with Gasteiger partial charge in [0.1, 0.15) is 11.5 Å². The Balaban J connectivity index is 1.34. The van der Waals surface area contributed by atoms with E-state index in [4.69, 9.17) is 41.6 Å². The second-order valence-electron chi connectivity index (χ2n) is 11.3. The SMILES string of the molecule is COc1cc(-n2ncc3c(-c4cccc(-c5ccc([C@H](C)N)c(OC)n5)c4Cl)cccc32)cc(OC)c1CNC[C@@H]1CCC(=O)N1. The summed E-state index contributed by atoms with van der Waals surface area (Å²) in [4.78, 5) is 16.3.